The van der Waals surface area contributed by atoms with Crippen molar-refractivity contribution in [3.05, 3.63) is 0 Å². The Bertz CT molecular complexity index is 216. The fourth-order valence-corrected chi connectivity index (χ4v) is 3.59. The third kappa shape index (κ3) is 3.67. The molecule has 100 valence electrons. The minimum Gasteiger partial charge on any atom is -0.395 e. The van der Waals surface area contributed by atoms with E-state index in [1.807, 2.05) is 0 Å². The maximum absolute atomic E-state index is 9.22. The molecule has 0 saturated heterocycles. The molecule has 0 heterocycles. The van der Waals surface area contributed by atoms with Gasteiger partial charge >= 0.3 is 0 Å². The lowest BCUT2D eigenvalue weighted by Gasteiger charge is -2.36. The maximum Gasteiger partial charge on any atom is 0.0558 e. The molecule has 0 aliphatic heterocycles. The maximum atomic E-state index is 9.22. The molecule has 0 amide bonds. The van der Waals surface area contributed by atoms with Gasteiger partial charge < -0.3 is 10.8 Å². The molecule has 0 aromatic heterocycles. The van der Waals surface area contributed by atoms with Crippen LogP contribution < -0.4 is 5.73 Å². The van der Waals surface area contributed by atoms with E-state index in [0.29, 0.717) is 18.6 Å². The summed E-state index contributed by atoms with van der Waals surface area (Å²) in [4.78, 5) is 2.52. The number of nitrogens with two attached hydrogens (primary N) is 1. The number of aliphatic hydroxyl groups excluding tert-OH is 1. The summed E-state index contributed by atoms with van der Waals surface area (Å²) in [7, 11) is 0. The first-order valence-electron chi connectivity index (χ1n) is 7.41. The Hall–Kier alpha value is -0.120. The van der Waals surface area contributed by atoms with E-state index >= 15 is 0 Å². The van der Waals surface area contributed by atoms with Crippen molar-refractivity contribution >= 4 is 0 Å². The monoisotopic (exact) mass is 240 g/mol. The predicted molar refractivity (Wildman–Crippen MR) is 70.8 cm³/mol. The SMILES string of the molecule is NC1CCCCC1CN(CCO)C1CCCC1. The van der Waals surface area contributed by atoms with Crippen molar-refractivity contribution in [1.29, 1.82) is 0 Å². The van der Waals surface area contributed by atoms with Gasteiger partial charge in [0.05, 0.1) is 6.61 Å². The molecule has 0 bridgehead atoms. The van der Waals surface area contributed by atoms with Gasteiger partial charge in [-0.1, -0.05) is 25.7 Å². The second kappa shape index (κ2) is 6.72. The number of hydrogen-bond donors (Lipinski definition) is 2. The van der Waals surface area contributed by atoms with Crippen LogP contribution in [0.25, 0.3) is 0 Å². The standard InChI is InChI=1S/C14H28N2O/c15-14-8-4-1-5-12(14)11-16(9-10-17)13-6-2-3-7-13/h12-14,17H,1-11,15H2. The van der Waals surface area contributed by atoms with Crippen molar-refractivity contribution in [2.75, 3.05) is 19.7 Å². The van der Waals surface area contributed by atoms with Crippen molar-refractivity contribution in [3.63, 3.8) is 0 Å². The molecule has 2 aliphatic rings. The molecule has 17 heavy (non-hydrogen) atoms. The van der Waals surface area contributed by atoms with Crippen LogP contribution in [0, 0.1) is 5.92 Å². The molecular weight excluding hydrogens is 212 g/mol. The van der Waals surface area contributed by atoms with E-state index in [2.05, 4.69) is 4.90 Å². The molecule has 2 saturated carbocycles. The fraction of sp³-hybridized carbons (Fsp3) is 1.00. The zero-order chi connectivity index (χ0) is 12.1. The summed E-state index contributed by atoms with van der Waals surface area (Å²) in [5, 5.41) is 9.22. The molecule has 0 spiro atoms. The van der Waals surface area contributed by atoms with Crippen molar-refractivity contribution in [3.8, 4) is 0 Å². The van der Waals surface area contributed by atoms with Gasteiger partial charge in [-0.15, -0.1) is 0 Å². The van der Waals surface area contributed by atoms with Crippen LogP contribution in [0.4, 0.5) is 0 Å². The van der Waals surface area contributed by atoms with Crippen LogP contribution in [0.2, 0.25) is 0 Å². The number of aliphatic hydroxyl groups is 1. The van der Waals surface area contributed by atoms with E-state index in [4.69, 9.17) is 5.73 Å². The summed E-state index contributed by atoms with van der Waals surface area (Å²) in [5.74, 6) is 0.663. The molecule has 2 fully saturated rings. The summed E-state index contributed by atoms with van der Waals surface area (Å²) in [6, 6.07) is 1.11. The van der Waals surface area contributed by atoms with E-state index in [1.54, 1.807) is 0 Å². The number of rotatable bonds is 5. The Kier molecular flexibility index (Phi) is 5.26. The molecule has 3 N–H and O–H groups in total. The molecule has 2 aliphatic carbocycles. The summed E-state index contributed by atoms with van der Waals surface area (Å²) in [6.45, 7) is 2.25. The third-order valence-electron chi connectivity index (χ3n) is 4.67. The van der Waals surface area contributed by atoms with E-state index in [-0.39, 0.29) is 0 Å². The molecule has 3 heteroatoms. The Labute approximate surface area is 105 Å². The van der Waals surface area contributed by atoms with Crippen LogP contribution in [-0.4, -0.2) is 41.8 Å². The first-order valence-corrected chi connectivity index (χ1v) is 7.41. The lowest BCUT2D eigenvalue weighted by molar-refractivity contribution is 0.113. The quantitative estimate of drug-likeness (QED) is 0.769. The minimum atomic E-state index is 0.290. The first-order chi connectivity index (χ1) is 8.31. The second-order valence-corrected chi connectivity index (χ2v) is 5.87. The molecule has 0 radical (unpaired) electrons. The normalized spacial score (nSPS) is 31.2. The van der Waals surface area contributed by atoms with E-state index in [1.165, 1.54) is 51.4 Å². The second-order valence-electron chi connectivity index (χ2n) is 5.87. The van der Waals surface area contributed by atoms with Crippen LogP contribution in [0.5, 0.6) is 0 Å². The zero-order valence-electron chi connectivity index (χ0n) is 11.0. The number of nitrogens with zero attached hydrogens (tertiary/aromatic N) is 1. The van der Waals surface area contributed by atoms with Gasteiger partial charge in [-0.25, -0.2) is 0 Å². The zero-order valence-corrected chi connectivity index (χ0v) is 11.0. The largest absolute Gasteiger partial charge is 0.395 e. The van der Waals surface area contributed by atoms with Gasteiger partial charge in [0.15, 0.2) is 0 Å². The van der Waals surface area contributed by atoms with Gasteiger partial charge in [0.25, 0.3) is 0 Å². The third-order valence-corrected chi connectivity index (χ3v) is 4.67. The van der Waals surface area contributed by atoms with Crippen molar-refractivity contribution in [2.24, 2.45) is 11.7 Å². The van der Waals surface area contributed by atoms with Crippen LogP contribution in [0.1, 0.15) is 51.4 Å². The first kappa shape index (κ1) is 13.3. The summed E-state index contributed by atoms with van der Waals surface area (Å²) < 4.78 is 0. The lowest BCUT2D eigenvalue weighted by atomic mass is 9.84. The Morgan fingerprint density at radius 2 is 1.65 bits per heavy atom. The van der Waals surface area contributed by atoms with Crippen LogP contribution in [0.15, 0.2) is 0 Å². The van der Waals surface area contributed by atoms with E-state index in [9.17, 15) is 5.11 Å². The molecular formula is C14H28N2O. The van der Waals surface area contributed by atoms with Gasteiger partial charge in [-0.3, -0.25) is 4.90 Å². The lowest BCUT2D eigenvalue weighted by Crippen LogP contribution is -2.45. The van der Waals surface area contributed by atoms with Gasteiger partial charge in [0.2, 0.25) is 0 Å². The summed E-state index contributed by atoms with van der Waals surface area (Å²) in [6.07, 6.45) is 10.5. The van der Waals surface area contributed by atoms with Crippen LogP contribution in [-0.2, 0) is 0 Å². The highest BCUT2D eigenvalue weighted by Gasteiger charge is 2.28. The minimum absolute atomic E-state index is 0.290. The summed E-state index contributed by atoms with van der Waals surface area (Å²) in [5.41, 5.74) is 6.23. The smallest absolute Gasteiger partial charge is 0.0558 e. The predicted octanol–water partition coefficient (Wildman–Crippen LogP) is 1.74. The molecule has 0 aromatic rings. The average molecular weight is 240 g/mol. The van der Waals surface area contributed by atoms with Gasteiger partial charge in [0, 0.05) is 25.2 Å². The highest BCUT2D eigenvalue weighted by atomic mass is 16.3. The molecule has 2 atom stereocenters. The van der Waals surface area contributed by atoms with E-state index < -0.39 is 0 Å². The highest BCUT2D eigenvalue weighted by Crippen LogP contribution is 2.28. The molecule has 2 rings (SSSR count). The fourth-order valence-electron chi connectivity index (χ4n) is 3.59. The van der Waals surface area contributed by atoms with Crippen LogP contribution in [0.3, 0.4) is 0 Å². The Balaban J connectivity index is 1.86. The molecule has 3 nitrogen and oxygen atoms in total. The molecule has 0 aromatic carbocycles. The van der Waals surface area contributed by atoms with Gasteiger partial charge in [0.1, 0.15) is 0 Å². The Morgan fingerprint density at radius 1 is 1.00 bits per heavy atom. The summed E-state index contributed by atoms with van der Waals surface area (Å²) >= 11 is 0. The topological polar surface area (TPSA) is 49.5 Å². The van der Waals surface area contributed by atoms with Crippen molar-refractivity contribution in [1.82, 2.24) is 4.90 Å². The Morgan fingerprint density at radius 3 is 2.29 bits per heavy atom. The van der Waals surface area contributed by atoms with Gasteiger partial charge in [-0.05, 0) is 31.6 Å². The number of hydrogen-bond acceptors (Lipinski definition) is 3. The van der Waals surface area contributed by atoms with Gasteiger partial charge in [-0.2, -0.15) is 0 Å². The van der Waals surface area contributed by atoms with Crippen molar-refractivity contribution < 1.29 is 5.11 Å². The highest BCUT2D eigenvalue weighted by molar-refractivity contribution is 4.84. The molecule has 2 unspecified atom stereocenters. The average Bonchev–Trinajstić information content (AvgIpc) is 2.85. The van der Waals surface area contributed by atoms with Crippen molar-refractivity contribution in [2.45, 2.75) is 63.5 Å². The van der Waals surface area contributed by atoms with Crippen LogP contribution >= 0.6 is 0 Å². The van der Waals surface area contributed by atoms with E-state index in [0.717, 1.165) is 19.1 Å².